The van der Waals surface area contributed by atoms with Gasteiger partial charge in [-0.15, -0.1) is 0 Å². The fourth-order valence-corrected chi connectivity index (χ4v) is 0.842. The molecule has 1 aliphatic heterocycles. The molecular formula is C7H11NO3. The van der Waals surface area contributed by atoms with Crippen molar-refractivity contribution < 1.29 is 14.3 Å². The van der Waals surface area contributed by atoms with Gasteiger partial charge in [0.25, 0.3) is 0 Å². The second-order valence-electron chi connectivity index (χ2n) is 2.31. The molecule has 0 aromatic rings. The Morgan fingerprint density at radius 3 is 3.09 bits per heavy atom. The average Bonchev–Trinajstić information content (AvgIpc) is 2.05. The second kappa shape index (κ2) is 3.39. The summed E-state index contributed by atoms with van der Waals surface area (Å²) in [6.45, 7) is 4.42. The van der Waals surface area contributed by atoms with E-state index >= 15 is 0 Å². The Labute approximate surface area is 65.2 Å². The van der Waals surface area contributed by atoms with Gasteiger partial charge >= 0.3 is 5.97 Å². The predicted octanol–water partition coefficient (Wildman–Crippen LogP) is -0.339. The van der Waals surface area contributed by atoms with Crippen LogP contribution in [0.4, 0.5) is 0 Å². The van der Waals surface area contributed by atoms with Gasteiger partial charge < -0.3 is 9.47 Å². The number of hydrogen-bond acceptors (Lipinski definition) is 4. The number of rotatable bonds is 1. The second-order valence-corrected chi connectivity index (χ2v) is 2.31. The maximum Gasteiger partial charge on any atom is 0.326 e. The van der Waals surface area contributed by atoms with Crippen molar-refractivity contribution in [2.24, 2.45) is 0 Å². The summed E-state index contributed by atoms with van der Waals surface area (Å²) in [5.41, 5.74) is 0. The highest BCUT2D eigenvalue weighted by Gasteiger charge is 2.23. The lowest BCUT2D eigenvalue weighted by molar-refractivity contribution is -0.145. The van der Waals surface area contributed by atoms with Crippen molar-refractivity contribution >= 4 is 5.97 Å². The third kappa shape index (κ3) is 1.94. The largest absolute Gasteiger partial charge is 0.495 e. The molecule has 0 radical (unpaired) electrons. The van der Waals surface area contributed by atoms with Crippen LogP contribution in [0.2, 0.25) is 0 Å². The third-order valence-electron chi connectivity index (χ3n) is 1.49. The van der Waals surface area contributed by atoms with Gasteiger partial charge in [-0.25, -0.2) is 0 Å². The molecule has 1 rings (SSSR count). The first-order chi connectivity index (χ1) is 5.24. The Hall–Kier alpha value is -1.03. The average molecular weight is 157 g/mol. The summed E-state index contributed by atoms with van der Waals surface area (Å²) in [6, 6.07) is -0.342. The number of carbonyl (C=O) groups excluding carboxylic acids is 1. The van der Waals surface area contributed by atoms with E-state index in [1.165, 1.54) is 7.11 Å². The number of ether oxygens (including phenoxy) is 2. The van der Waals surface area contributed by atoms with E-state index in [2.05, 4.69) is 16.6 Å². The van der Waals surface area contributed by atoms with Crippen molar-refractivity contribution in [1.29, 1.82) is 0 Å². The highest BCUT2D eigenvalue weighted by Crippen LogP contribution is 2.02. The summed E-state index contributed by atoms with van der Waals surface area (Å²) in [6.07, 6.45) is 0. The topological polar surface area (TPSA) is 47.6 Å². The summed E-state index contributed by atoms with van der Waals surface area (Å²) in [5, 5.41) is 2.92. The van der Waals surface area contributed by atoms with Crippen molar-refractivity contribution in [3.8, 4) is 0 Å². The zero-order valence-electron chi connectivity index (χ0n) is 6.42. The SMILES string of the molecule is C=C1CNC(C(=O)OC)CO1. The van der Waals surface area contributed by atoms with Crippen LogP contribution in [-0.2, 0) is 14.3 Å². The first kappa shape index (κ1) is 8.07. The van der Waals surface area contributed by atoms with Crippen molar-refractivity contribution in [3.63, 3.8) is 0 Å². The summed E-state index contributed by atoms with van der Waals surface area (Å²) in [5.74, 6) is 0.364. The molecule has 0 saturated carbocycles. The first-order valence-electron chi connectivity index (χ1n) is 3.36. The molecule has 0 aromatic heterocycles. The van der Waals surface area contributed by atoms with Crippen molar-refractivity contribution in [3.05, 3.63) is 12.3 Å². The fraction of sp³-hybridized carbons (Fsp3) is 0.571. The molecular weight excluding hydrogens is 146 g/mol. The maximum absolute atomic E-state index is 10.9. The molecule has 62 valence electrons. The minimum Gasteiger partial charge on any atom is -0.495 e. The van der Waals surface area contributed by atoms with E-state index in [1.807, 2.05) is 0 Å². The fourth-order valence-electron chi connectivity index (χ4n) is 0.842. The van der Waals surface area contributed by atoms with Crippen molar-refractivity contribution in [1.82, 2.24) is 5.32 Å². The molecule has 1 heterocycles. The van der Waals surface area contributed by atoms with Crippen LogP contribution in [-0.4, -0.2) is 32.3 Å². The number of morpholine rings is 1. The molecule has 0 aromatic carbocycles. The smallest absolute Gasteiger partial charge is 0.326 e. The molecule has 11 heavy (non-hydrogen) atoms. The summed E-state index contributed by atoms with van der Waals surface area (Å²) >= 11 is 0. The van der Waals surface area contributed by atoms with Gasteiger partial charge in [-0.3, -0.25) is 10.1 Å². The molecule has 0 aliphatic carbocycles. The molecule has 1 N–H and O–H groups in total. The number of esters is 1. The first-order valence-corrected chi connectivity index (χ1v) is 3.36. The van der Waals surface area contributed by atoms with Gasteiger partial charge in [0.05, 0.1) is 13.7 Å². The minimum absolute atomic E-state index is 0.294. The molecule has 4 heteroatoms. The maximum atomic E-state index is 10.9. The van der Waals surface area contributed by atoms with Gasteiger partial charge in [-0.2, -0.15) is 0 Å². The van der Waals surface area contributed by atoms with Crippen LogP contribution in [0, 0.1) is 0 Å². The van der Waals surface area contributed by atoms with Crippen LogP contribution < -0.4 is 5.32 Å². The Morgan fingerprint density at radius 2 is 2.64 bits per heavy atom. The Kier molecular flexibility index (Phi) is 2.48. The quantitative estimate of drug-likeness (QED) is 0.529. The van der Waals surface area contributed by atoms with Gasteiger partial charge in [0.15, 0.2) is 0 Å². The molecule has 1 fully saturated rings. The molecule has 4 nitrogen and oxygen atoms in total. The molecule has 0 spiro atoms. The summed E-state index contributed by atoms with van der Waals surface area (Å²) < 4.78 is 9.57. The Balaban J connectivity index is 2.39. The number of hydrogen-bond donors (Lipinski definition) is 1. The van der Waals surface area contributed by atoms with Crippen LogP contribution in [0.25, 0.3) is 0 Å². The highest BCUT2D eigenvalue weighted by molar-refractivity contribution is 5.76. The lowest BCUT2D eigenvalue weighted by Gasteiger charge is -2.23. The zero-order chi connectivity index (χ0) is 8.27. The van der Waals surface area contributed by atoms with Crippen LogP contribution in [0.15, 0.2) is 12.3 Å². The van der Waals surface area contributed by atoms with Crippen molar-refractivity contribution in [2.45, 2.75) is 6.04 Å². The minimum atomic E-state index is -0.342. The van der Waals surface area contributed by atoms with Gasteiger partial charge in [-0.05, 0) is 0 Å². The molecule has 1 aliphatic rings. The molecule has 1 unspecified atom stereocenters. The van der Waals surface area contributed by atoms with Crippen LogP contribution >= 0.6 is 0 Å². The van der Waals surface area contributed by atoms with Crippen LogP contribution in [0.1, 0.15) is 0 Å². The zero-order valence-corrected chi connectivity index (χ0v) is 6.42. The van der Waals surface area contributed by atoms with E-state index in [9.17, 15) is 4.79 Å². The van der Waals surface area contributed by atoms with Gasteiger partial charge in [0.1, 0.15) is 18.4 Å². The standard InChI is InChI=1S/C7H11NO3/c1-5-3-8-6(4-11-5)7(9)10-2/h6,8H,1,3-4H2,2H3. The van der Waals surface area contributed by atoms with E-state index in [1.54, 1.807) is 0 Å². The van der Waals surface area contributed by atoms with Gasteiger partial charge in [0, 0.05) is 0 Å². The monoisotopic (exact) mass is 157 g/mol. The summed E-state index contributed by atoms with van der Waals surface area (Å²) in [7, 11) is 1.35. The predicted molar refractivity (Wildman–Crippen MR) is 38.9 cm³/mol. The Bertz CT molecular complexity index is 169. The van der Waals surface area contributed by atoms with E-state index in [0.29, 0.717) is 18.9 Å². The third-order valence-corrected chi connectivity index (χ3v) is 1.49. The van der Waals surface area contributed by atoms with Gasteiger partial charge in [-0.1, -0.05) is 6.58 Å². The number of nitrogens with one attached hydrogen (secondary N) is 1. The van der Waals surface area contributed by atoms with E-state index < -0.39 is 0 Å². The van der Waals surface area contributed by atoms with Crippen LogP contribution in [0.3, 0.4) is 0 Å². The molecule has 1 atom stereocenters. The lowest BCUT2D eigenvalue weighted by Crippen LogP contribution is -2.46. The Morgan fingerprint density at radius 1 is 1.91 bits per heavy atom. The molecule has 0 amide bonds. The molecule has 0 bridgehead atoms. The van der Waals surface area contributed by atoms with Gasteiger partial charge in [0.2, 0.25) is 0 Å². The van der Waals surface area contributed by atoms with E-state index in [-0.39, 0.29) is 12.0 Å². The highest BCUT2D eigenvalue weighted by atomic mass is 16.5. The van der Waals surface area contributed by atoms with Crippen molar-refractivity contribution in [2.75, 3.05) is 20.3 Å². The normalized spacial score (nSPS) is 24.1. The van der Waals surface area contributed by atoms with E-state index in [0.717, 1.165) is 0 Å². The van der Waals surface area contributed by atoms with Crippen LogP contribution in [0.5, 0.6) is 0 Å². The molecule has 1 saturated heterocycles. The van der Waals surface area contributed by atoms with E-state index in [4.69, 9.17) is 4.74 Å². The number of methoxy groups -OCH3 is 1. The number of carbonyl (C=O) groups is 1. The lowest BCUT2D eigenvalue weighted by atomic mass is 10.3. The summed E-state index contributed by atoms with van der Waals surface area (Å²) in [4.78, 5) is 10.9.